The van der Waals surface area contributed by atoms with Gasteiger partial charge < -0.3 is 4.90 Å². The number of halogens is 2. The summed E-state index contributed by atoms with van der Waals surface area (Å²) in [5.74, 6) is -0.508. The Hall–Kier alpha value is -2.40. The monoisotopic (exact) mass is 401 g/mol. The largest absolute Gasteiger partial charge is 0.369 e. The minimum Gasteiger partial charge on any atom is -0.369 e. The third-order valence-electron chi connectivity index (χ3n) is 5.49. The van der Waals surface area contributed by atoms with Gasteiger partial charge in [0, 0.05) is 23.8 Å². The van der Waals surface area contributed by atoms with Gasteiger partial charge in [0.1, 0.15) is 5.82 Å². The average molecular weight is 402 g/mol. The number of nitrogens with zero attached hydrogens (tertiary/aromatic N) is 2. The zero-order valence-electron chi connectivity index (χ0n) is 16.8. The number of fused-ring (bicyclic) bond motifs is 1. The standard InChI is InChI=1S/C22H25ClFN3O/c1-13-6-7-16(18(23)8-13)21(28)26-25-12-15-9-17-14(2)11-22(3,4)27(5)20(17)10-19(15)24/h6-10,12,14H,11H2,1-5H3,(H,26,28)/b25-12-. The Balaban J connectivity index is 1.81. The van der Waals surface area contributed by atoms with Gasteiger partial charge in [-0.2, -0.15) is 5.10 Å². The third kappa shape index (κ3) is 3.90. The van der Waals surface area contributed by atoms with E-state index in [1.165, 1.54) is 6.21 Å². The first-order chi connectivity index (χ1) is 13.1. The first-order valence-electron chi connectivity index (χ1n) is 9.27. The average Bonchev–Trinajstić information content (AvgIpc) is 2.60. The van der Waals surface area contributed by atoms with E-state index in [-0.39, 0.29) is 11.4 Å². The van der Waals surface area contributed by atoms with E-state index < -0.39 is 5.91 Å². The van der Waals surface area contributed by atoms with Gasteiger partial charge in [-0.15, -0.1) is 0 Å². The number of rotatable bonds is 3. The number of hydrazone groups is 1. The van der Waals surface area contributed by atoms with Crippen LogP contribution < -0.4 is 10.3 Å². The molecular formula is C22H25ClFN3O. The van der Waals surface area contributed by atoms with Gasteiger partial charge in [-0.05, 0) is 68.5 Å². The van der Waals surface area contributed by atoms with E-state index in [9.17, 15) is 9.18 Å². The SMILES string of the molecule is Cc1ccc(C(=O)N/N=C\c2cc3c(cc2F)N(C)C(C)(C)CC3C)c(Cl)c1. The molecule has 0 bridgehead atoms. The second-order valence-electron chi connectivity index (χ2n) is 8.09. The number of carbonyl (C=O) groups is 1. The lowest BCUT2D eigenvalue weighted by Gasteiger charge is -2.45. The van der Waals surface area contributed by atoms with Crippen molar-refractivity contribution in [3.8, 4) is 0 Å². The van der Waals surface area contributed by atoms with Gasteiger partial charge >= 0.3 is 0 Å². The molecule has 4 nitrogen and oxygen atoms in total. The van der Waals surface area contributed by atoms with E-state index in [1.807, 2.05) is 20.0 Å². The summed E-state index contributed by atoms with van der Waals surface area (Å²) in [6, 6.07) is 8.51. The van der Waals surface area contributed by atoms with Crippen molar-refractivity contribution in [2.45, 2.75) is 45.6 Å². The van der Waals surface area contributed by atoms with E-state index in [0.29, 0.717) is 22.1 Å². The van der Waals surface area contributed by atoms with Crippen molar-refractivity contribution >= 4 is 29.4 Å². The number of aryl methyl sites for hydroxylation is 1. The molecule has 1 heterocycles. The molecule has 0 fully saturated rings. The number of nitrogens with one attached hydrogen (secondary N) is 1. The molecule has 0 aromatic heterocycles. The summed E-state index contributed by atoms with van der Waals surface area (Å²) in [5, 5.41) is 4.28. The maximum absolute atomic E-state index is 14.6. The molecule has 3 rings (SSSR count). The fourth-order valence-corrected chi connectivity index (χ4v) is 4.05. The Morgan fingerprint density at radius 1 is 1.36 bits per heavy atom. The Kier molecular flexibility index (Phi) is 5.48. The molecule has 1 aliphatic heterocycles. The van der Waals surface area contributed by atoms with E-state index >= 15 is 0 Å². The van der Waals surface area contributed by atoms with Crippen molar-refractivity contribution in [2.24, 2.45) is 5.10 Å². The molecule has 6 heteroatoms. The van der Waals surface area contributed by atoms with Crippen molar-refractivity contribution < 1.29 is 9.18 Å². The molecule has 0 spiro atoms. The molecule has 148 valence electrons. The second-order valence-corrected chi connectivity index (χ2v) is 8.50. The maximum Gasteiger partial charge on any atom is 0.272 e. The summed E-state index contributed by atoms with van der Waals surface area (Å²) in [6.07, 6.45) is 2.31. The summed E-state index contributed by atoms with van der Waals surface area (Å²) in [5.41, 5.74) is 5.99. The van der Waals surface area contributed by atoms with Crippen molar-refractivity contribution in [2.75, 3.05) is 11.9 Å². The molecule has 1 atom stereocenters. The molecule has 1 aliphatic rings. The minimum absolute atomic E-state index is 0.0320. The first-order valence-corrected chi connectivity index (χ1v) is 9.65. The Bertz CT molecular complexity index is 955. The van der Waals surface area contributed by atoms with Crippen LogP contribution >= 0.6 is 11.6 Å². The molecule has 1 amide bonds. The van der Waals surface area contributed by atoms with E-state index in [4.69, 9.17) is 11.6 Å². The fraction of sp³-hybridized carbons (Fsp3) is 0.364. The lowest BCUT2D eigenvalue weighted by atomic mass is 9.80. The molecule has 1 unspecified atom stereocenters. The molecule has 1 N–H and O–H groups in total. The fourth-order valence-electron chi connectivity index (χ4n) is 3.73. The Morgan fingerprint density at radius 3 is 2.75 bits per heavy atom. The zero-order chi connectivity index (χ0) is 20.6. The van der Waals surface area contributed by atoms with Crippen LogP contribution in [-0.4, -0.2) is 24.7 Å². The Labute approximate surface area is 170 Å². The van der Waals surface area contributed by atoms with Gasteiger partial charge in [0.25, 0.3) is 5.91 Å². The smallest absolute Gasteiger partial charge is 0.272 e. The third-order valence-corrected chi connectivity index (χ3v) is 5.80. The molecule has 2 aromatic rings. The molecule has 0 radical (unpaired) electrons. The van der Waals surface area contributed by atoms with Gasteiger partial charge in [-0.25, -0.2) is 9.82 Å². The number of benzene rings is 2. The quantitative estimate of drug-likeness (QED) is 0.562. The van der Waals surface area contributed by atoms with Gasteiger partial charge in [-0.3, -0.25) is 4.79 Å². The topological polar surface area (TPSA) is 44.7 Å². The van der Waals surface area contributed by atoms with Crippen LogP contribution in [0.5, 0.6) is 0 Å². The highest BCUT2D eigenvalue weighted by Gasteiger charge is 2.34. The van der Waals surface area contributed by atoms with Crippen LogP contribution in [-0.2, 0) is 0 Å². The van der Waals surface area contributed by atoms with Crippen molar-refractivity contribution in [3.63, 3.8) is 0 Å². The number of amides is 1. The van der Waals surface area contributed by atoms with Gasteiger partial charge in [-0.1, -0.05) is 24.6 Å². The van der Waals surface area contributed by atoms with Gasteiger partial charge in [0.15, 0.2) is 0 Å². The summed E-state index contributed by atoms with van der Waals surface area (Å²) in [4.78, 5) is 14.4. The number of hydrogen-bond acceptors (Lipinski definition) is 3. The first kappa shape index (κ1) is 20.3. The lowest BCUT2D eigenvalue weighted by Crippen LogP contribution is -2.45. The molecule has 2 aromatic carbocycles. The van der Waals surface area contributed by atoms with Crippen LogP contribution in [0.25, 0.3) is 0 Å². The van der Waals surface area contributed by atoms with E-state index in [1.54, 1.807) is 24.3 Å². The molecule has 0 aliphatic carbocycles. The zero-order valence-corrected chi connectivity index (χ0v) is 17.6. The number of hydrogen-bond donors (Lipinski definition) is 1. The van der Waals surface area contributed by atoms with E-state index in [2.05, 4.69) is 36.2 Å². The number of anilines is 1. The normalized spacial score (nSPS) is 18.2. The predicted molar refractivity (Wildman–Crippen MR) is 113 cm³/mol. The highest BCUT2D eigenvalue weighted by atomic mass is 35.5. The summed E-state index contributed by atoms with van der Waals surface area (Å²) >= 11 is 6.10. The van der Waals surface area contributed by atoms with Crippen LogP contribution in [0.1, 0.15) is 60.2 Å². The van der Waals surface area contributed by atoms with Crippen LogP contribution in [0.4, 0.5) is 10.1 Å². The lowest BCUT2D eigenvalue weighted by molar-refractivity contribution is 0.0955. The van der Waals surface area contributed by atoms with Crippen molar-refractivity contribution in [1.82, 2.24) is 5.43 Å². The molecule has 28 heavy (non-hydrogen) atoms. The van der Waals surface area contributed by atoms with Crippen molar-refractivity contribution in [3.05, 3.63) is 63.4 Å². The van der Waals surface area contributed by atoms with Crippen molar-refractivity contribution in [1.29, 1.82) is 0 Å². The van der Waals surface area contributed by atoms with Gasteiger partial charge in [0.05, 0.1) is 16.8 Å². The second kappa shape index (κ2) is 7.55. The molecular weight excluding hydrogens is 377 g/mol. The number of carbonyl (C=O) groups excluding carboxylic acids is 1. The van der Waals surface area contributed by atoms with Crippen LogP contribution in [0.15, 0.2) is 35.4 Å². The molecule has 0 saturated heterocycles. The molecule has 0 saturated carbocycles. The Morgan fingerprint density at radius 2 is 2.07 bits per heavy atom. The summed E-state index contributed by atoms with van der Waals surface area (Å²) in [6.45, 7) is 8.36. The maximum atomic E-state index is 14.6. The summed E-state index contributed by atoms with van der Waals surface area (Å²) in [7, 11) is 1.99. The van der Waals surface area contributed by atoms with Gasteiger partial charge in [0.2, 0.25) is 0 Å². The highest BCUT2D eigenvalue weighted by molar-refractivity contribution is 6.33. The summed E-state index contributed by atoms with van der Waals surface area (Å²) < 4.78 is 14.6. The minimum atomic E-state index is -0.436. The van der Waals surface area contributed by atoms with E-state index in [0.717, 1.165) is 23.2 Å². The van der Waals surface area contributed by atoms with Crippen LogP contribution in [0.2, 0.25) is 5.02 Å². The predicted octanol–water partition coefficient (Wildman–Crippen LogP) is 5.27. The highest BCUT2D eigenvalue weighted by Crippen LogP contribution is 2.43. The van der Waals surface area contributed by atoms with Crippen LogP contribution in [0, 0.1) is 12.7 Å². The van der Waals surface area contributed by atoms with Crippen LogP contribution in [0.3, 0.4) is 0 Å².